The van der Waals surface area contributed by atoms with Gasteiger partial charge in [0.25, 0.3) is 0 Å². The van der Waals surface area contributed by atoms with Crippen LogP contribution >= 0.6 is 11.8 Å². The number of aryl methyl sites for hydroxylation is 1. The van der Waals surface area contributed by atoms with E-state index in [0.717, 1.165) is 17.2 Å². The molecule has 1 aromatic rings. The molecule has 0 aliphatic heterocycles. The summed E-state index contributed by atoms with van der Waals surface area (Å²) in [5.74, 6) is 3.55. The van der Waals surface area contributed by atoms with Crippen molar-refractivity contribution in [2.24, 2.45) is 0 Å². The molecule has 0 amide bonds. The summed E-state index contributed by atoms with van der Waals surface area (Å²) in [6.45, 7) is 2.03. The summed E-state index contributed by atoms with van der Waals surface area (Å²) in [5.41, 5.74) is 1.19. The van der Waals surface area contributed by atoms with E-state index in [1.807, 2.05) is 19.2 Å². The van der Waals surface area contributed by atoms with E-state index in [0.29, 0.717) is 0 Å². The van der Waals surface area contributed by atoms with E-state index in [2.05, 4.69) is 17.0 Å². The number of thioether (sulfide) groups is 1. The van der Waals surface area contributed by atoms with Gasteiger partial charge in [-0.15, -0.1) is 24.1 Å². The molecule has 0 N–H and O–H groups in total. The first-order chi connectivity index (χ1) is 5.83. The predicted molar refractivity (Wildman–Crippen MR) is 53.1 cm³/mol. The first-order valence-corrected chi connectivity index (χ1v) is 4.80. The molecule has 1 nitrogen and oxygen atoms in total. The Morgan fingerprint density at radius 3 is 3.00 bits per heavy atom. The lowest BCUT2D eigenvalue weighted by Crippen LogP contribution is -1.82. The van der Waals surface area contributed by atoms with Gasteiger partial charge in [-0.2, -0.15) is 0 Å². The van der Waals surface area contributed by atoms with Crippen LogP contribution in [0.25, 0.3) is 0 Å². The van der Waals surface area contributed by atoms with Crippen molar-refractivity contribution in [2.45, 2.75) is 18.4 Å². The molecule has 2 heteroatoms. The van der Waals surface area contributed by atoms with E-state index < -0.39 is 0 Å². The molecule has 62 valence electrons. The highest BCUT2D eigenvalue weighted by Gasteiger charge is 1.92. The maximum Gasteiger partial charge on any atom is 0.0960 e. The molecule has 0 saturated carbocycles. The van der Waals surface area contributed by atoms with Gasteiger partial charge in [0.15, 0.2) is 0 Å². The second kappa shape index (κ2) is 4.84. The van der Waals surface area contributed by atoms with Gasteiger partial charge < -0.3 is 0 Å². The van der Waals surface area contributed by atoms with E-state index in [1.165, 1.54) is 5.56 Å². The van der Waals surface area contributed by atoms with Crippen molar-refractivity contribution in [1.82, 2.24) is 4.98 Å². The van der Waals surface area contributed by atoms with Gasteiger partial charge in [0.1, 0.15) is 0 Å². The van der Waals surface area contributed by atoms with E-state index in [1.54, 1.807) is 11.8 Å². The third-order valence-electron chi connectivity index (χ3n) is 1.38. The van der Waals surface area contributed by atoms with Crippen molar-refractivity contribution in [3.63, 3.8) is 0 Å². The highest BCUT2D eigenvalue weighted by atomic mass is 32.2. The van der Waals surface area contributed by atoms with Crippen LogP contribution in [0, 0.1) is 19.3 Å². The Morgan fingerprint density at radius 1 is 1.58 bits per heavy atom. The number of hydrogen-bond acceptors (Lipinski definition) is 2. The number of hydrogen-bond donors (Lipinski definition) is 0. The van der Waals surface area contributed by atoms with Gasteiger partial charge in [0.2, 0.25) is 0 Å². The van der Waals surface area contributed by atoms with Gasteiger partial charge in [-0.1, -0.05) is 6.07 Å². The Balaban J connectivity index is 2.43. The summed E-state index contributed by atoms with van der Waals surface area (Å²) in [5, 5.41) is 1.05. The molecule has 0 atom stereocenters. The van der Waals surface area contributed by atoms with Crippen LogP contribution in [0.5, 0.6) is 0 Å². The molecule has 0 fully saturated rings. The Labute approximate surface area is 77.6 Å². The number of terminal acetylenes is 1. The molecule has 0 aromatic carbocycles. The van der Waals surface area contributed by atoms with Crippen LogP contribution in [0.1, 0.15) is 12.0 Å². The van der Waals surface area contributed by atoms with Crippen molar-refractivity contribution in [1.29, 1.82) is 0 Å². The van der Waals surface area contributed by atoms with Crippen molar-refractivity contribution in [3.8, 4) is 12.3 Å². The molecule has 12 heavy (non-hydrogen) atoms. The molecule has 0 saturated heterocycles. The zero-order valence-electron chi connectivity index (χ0n) is 7.08. The Bertz CT molecular complexity index is 271. The predicted octanol–water partition coefficient (Wildman–Crippen LogP) is 2.51. The fourth-order valence-corrected chi connectivity index (χ4v) is 1.47. The molecular formula is C10H11NS. The fraction of sp³-hybridized carbons (Fsp3) is 0.300. The van der Waals surface area contributed by atoms with Crippen LogP contribution in [0.2, 0.25) is 0 Å². The molecule has 1 rings (SSSR count). The lowest BCUT2D eigenvalue weighted by molar-refractivity contribution is 1.10. The summed E-state index contributed by atoms with van der Waals surface area (Å²) in [4.78, 5) is 4.24. The largest absolute Gasteiger partial charge is 0.250 e. The zero-order valence-corrected chi connectivity index (χ0v) is 7.90. The highest BCUT2D eigenvalue weighted by Crippen LogP contribution is 2.15. The van der Waals surface area contributed by atoms with E-state index in [4.69, 9.17) is 6.42 Å². The molecule has 1 aromatic heterocycles. The van der Waals surface area contributed by atoms with Gasteiger partial charge >= 0.3 is 0 Å². The quantitative estimate of drug-likeness (QED) is 0.400. The number of rotatable bonds is 3. The Morgan fingerprint density at radius 2 is 2.42 bits per heavy atom. The van der Waals surface area contributed by atoms with E-state index >= 15 is 0 Å². The minimum atomic E-state index is 0.806. The van der Waals surface area contributed by atoms with Gasteiger partial charge in [-0.3, -0.25) is 0 Å². The van der Waals surface area contributed by atoms with Crippen LogP contribution in [-0.4, -0.2) is 10.7 Å². The Hall–Kier alpha value is -0.940. The average Bonchev–Trinajstić information content (AvgIpc) is 2.09. The lowest BCUT2D eigenvalue weighted by atomic mass is 10.3. The highest BCUT2D eigenvalue weighted by molar-refractivity contribution is 7.99. The lowest BCUT2D eigenvalue weighted by Gasteiger charge is -1.97. The van der Waals surface area contributed by atoms with Gasteiger partial charge in [0, 0.05) is 18.4 Å². The first-order valence-electron chi connectivity index (χ1n) is 3.82. The molecule has 0 aliphatic rings. The summed E-state index contributed by atoms with van der Waals surface area (Å²) >= 11 is 1.70. The normalized spacial score (nSPS) is 9.33. The molecular weight excluding hydrogens is 166 g/mol. The van der Waals surface area contributed by atoms with Crippen LogP contribution in [0.4, 0.5) is 0 Å². The van der Waals surface area contributed by atoms with Crippen LogP contribution in [0.3, 0.4) is 0 Å². The smallest absolute Gasteiger partial charge is 0.0960 e. The third kappa shape index (κ3) is 2.98. The standard InChI is InChI=1S/C10H11NS/c1-3-4-7-12-10-6-5-9(2)8-11-10/h1,5-6,8H,4,7H2,2H3. The minimum Gasteiger partial charge on any atom is -0.250 e. The average molecular weight is 177 g/mol. The summed E-state index contributed by atoms with van der Waals surface area (Å²) < 4.78 is 0. The summed E-state index contributed by atoms with van der Waals surface area (Å²) in [7, 11) is 0. The summed E-state index contributed by atoms with van der Waals surface area (Å²) in [6.07, 6.45) is 7.81. The van der Waals surface area contributed by atoms with Gasteiger partial charge in [-0.25, -0.2) is 4.98 Å². The van der Waals surface area contributed by atoms with Crippen LogP contribution < -0.4 is 0 Å². The third-order valence-corrected chi connectivity index (χ3v) is 2.33. The van der Waals surface area contributed by atoms with Crippen molar-refractivity contribution >= 4 is 11.8 Å². The van der Waals surface area contributed by atoms with Crippen molar-refractivity contribution in [2.75, 3.05) is 5.75 Å². The van der Waals surface area contributed by atoms with Crippen LogP contribution in [0.15, 0.2) is 23.4 Å². The van der Waals surface area contributed by atoms with Gasteiger partial charge in [0.05, 0.1) is 5.03 Å². The first kappa shape index (κ1) is 9.15. The van der Waals surface area contributed by atoms with Gasteiger partial charge in [-0.05, 0) is 18.6 Å². The monoisotopic (exact) mass is 177 g/mol. The van der Waals surface area contributed by atoms with E-state index in [9.17, 15) is 0 Å². The SMILES string of the molecule is C#CCCSc1ccc(C)cn1. The summed E-state index contributed by atoms with van der Waals surface area (Å²) in [6, 6.07) is 4.09. The fourth-order valence-electron chi connectivity index (χ4n) is 0.754. The number of aromatic nitrogens is 1. The minimum absolute atomic E-state index is 0.806. The zero-order chi connectivity index (χ0) is 8.81. The number of nitrogens with zero attached hydrogens (tertiary/aromatic N) is 1. The maximum atomic E-state index is 5.13. The van der Waals surface area contributed by atoms with E-state index in [-0.39, 0.29) is 0 Å². The molecule has 0 bridgehead atoms. The van der Waals surface area contributed by atoms with Crippen LogP contribution in [-0.2, 0) is 0 Å². The molecule has 0 radical (unpaired) electrons. The second-order valence-electron chi connectivity index (χ2n) is 2.48. The maximum absolute atomic E-state index is 5.13. The second-order valence-corrected chi connectivity index (χ2v) is 3.59. The molecule has 1 heterocycles. The molecule has 0 unspecified atom stereocenters. The topological polar surface area (TPSA) is 12.9 Å². The Kier molecular flexibility index (Phi) is 3.69. The molecule has 0 spiro atoms. The van der Waals surface area contributed by atoms with Crippen molar-refractivity contribution in [3.05, 3.63) is 23.9 Å². The number of pyridine rings is 1. The van der Waals surface area contributed by atoms with Crippen molar-refractivity contribution < 1.29 is 0 Å². The molecule has 0 aliphatic carbocycles.